The molecule has 0 fully saturated rings. The van der Waals surface area contributed by atoms with E-state index in [4.69, 9.17) is 5.73 Å². The second-order valence-corrected chi connectivity index (χ2v) is 3.30. The molecule has 0 aliphatic rings. The Morgan fingerprint density at radius 1 is 1.50 bits per heavy atom. The Morgan fingerprint density at radius 2 is 2.29 bits per heavy atom. The monoisotopic (exact) mass is 188 g/mol. The first kappa shape index (κ1) is 8.81. The highest BCUT2D eigenvalue weighted by Gasteiger charge is 2.08. The summed E-state index contributed by atoms with van der Waals surface area (Å²) in [6.07, 6.45) is 2.62. The number of rotatable bonds is 2. The molecule has 3 heteroatoms. The molecule has 0 atom stereocenters. The number of nitrogens with one attached hydrogen (secondary N) is 1. The van der Waals surface area contributed by atoms with Crippen molar-refractivity contribution in [3.63, 3.8) is 0 Å². The lowest BCUT2D eigenvalue weighted by atomic mass is 10.1. The van der Waals surface area contributed by atoms with Gasteiger partial charge >= 0.3 is 0 Å². The number of benzene rings is 1. The summed E-state index contributed by atoms with van der Waals surface area (Å²) >= 11 is 0. The number of carbonyl (C=O) groups excluding carboxylic acids is 1. The molecule has 0 spiro atoms. The maximum Gasteiger partial charge on any atom is 0.250 e. The van der Waals surface area contributed by atoms with Crippen molar-refractivity contribution in [1.29, 1.82) is 0 Å². The number of amides is 1. The minimum Gasteiger partial charge on any atom is -0.366 e. The van der Waals surface area contributed by atoms with Crippen molar-refractivity contribution in [3.05, 3.63) is 35.5 Å². The molecule has 3 N–H and O–H groups in total. The molecule has 1 heterocycles. The van der Waals surface area contributed by atoms with Gasteiger partial charge in [-0.3, -0.25) is 4.79 Å². The van der Waals surface area contributed by atoms with Crippen molar-refractivity contribution >= 4 is 16.8 Å². The highest BCUT2D eigenvalue weighted by Crippen LogP contribution is 2.19. The van der Waals surface area contributed by atoms with Crippen molar-refractivity contribution in [2.24, 2.45) is 5.73 Å². The van der Waals surface area contributed by atoms with Crippen molar-refractivity contribution in [1.82, 2.24) is 4.98 Å². The first-order valence-corrected chi connectivity index (χ1v) is 4.62. The Hall–Kier alpha value is -1.77. The maximum atomic E-state index is 11.1. The number of fused-ring (bicyclic) bond motifs is 1. The predicted octanol–water partition coefficient (Wildman–Crippen LogP) is 1.83. The largest absolute Gasteiger partial charge is 0.366 e. The van der Waals surface area contributed by atoms with Crippen LogP contribution in [0.15, 0.2) is 24.4 Å². The van der Waals surface area contributed by atoms with Crippen molar-refractivity contribution < 1.29 is 4.79 Å². The number of primary amides is 1. The second-order valence-electron chi connectivity index (χ2n) is 3.30. The molecule has 0 unspecified atom stereocenters. The van der Waals surface area contributed by atoms with Crippen LogP contribution in [0.1, 0.15) is 22.8 Å². The molecule has 1 aromatic heterocycles. The van der Waals surface area contributed by atoms with E-state index in [9.17, 15) is 4.79 Å². The zero-order chi connectivity index (χ0) is 10.1. The Morgan fingerprint density at radius 3 is 2.93 bits per heavy atom. The Balaban J connectivity index is 2.69. The fourth-order valence-electron chi connectivity index (χ4n) is 1.59. The summed E-state index contributed by atoms with van der Waals surface area (Å²) < 4.78 is 0. The van der Waals surface area contributed by atoms with Crippen LogP contribution in [-0.4, -0.2) is 10.9 Å². The summed E-state index contributed by atoms with van der Waals surface area (Å²) in [5.74, 6) is -0.385. The molecule has 2 aromatic rings. The summed E-state index contributed by atoms with van der Waals surface area (Å²) in [5, 5.41) is 0.914. The molecular weight excluding hydrogens is 176 g/mol. The summed E-state index contributed by atoms with van der Waals surface area (Å²) in [6.45, 7) is 2.08. The van der Waals surface area contributed by atoms with Gasteiger partial charge in [-0.05, 0) is 24.1 Å². The van der Waals surface area contributed by atoms with Gasteiger partial charge in [-0.1, -0.05) is 13.0 Å². The lowest BCUT2D eigenvalue weighted by Crippen LogP contribution is -2.09. The second kappa shape index (κ2) is 3.18. The number of aromatic amines is 1. The van der Waals surface area contributed by atoms with Gasteiger partial charge in [0.25, 0.3) is 5.91 Å². The minimum atomic E-state index is -0.385. The molecular formula is C11H12N2O. The van der Waals surface area contributed by atoms with E-state index in [0.29, 0.717) is 5.56 Å². The van der Waals surface area contributed by atoms with E-state index in [1.807, 2.05) is 18.2 Å². The highest BCUT2D eigenvalue weighted by atomic mass is 16.1. The van der Waals surface area contributed by atoms with Gasteiger partial charge in [-0.15, -0.1) is 0 Å². The average Bonchev–Trinajstić information content (AvgIpc) is 2.59. The fraction of sp³-hybridized carbons (Fsp3) is 0.182. The number of carbonyl (C=O) groups is 1. The van der Waals surface area contributed by atoms with Gasteiger partial charge in [-0.2, -0.15) is 0 Å². The number of aryl methyl sites for hydroxylation is 1. The van der Waals surface area contributed by atoms with Gasteiger partial charge in [0.2, 0.25) is 0 Å². The van der Waals surface area contributed by atoms with Crippen molar-refractivity contribution in [2.45, 2.75) is 13.3 Å². The Labute approximate surface area is 81.9 Å². The molecule has 14 heavy (non-hydrogen) atoms. The van der Waals surface area contributed by atoms with E-state index in [1.165, 1.54) is 5.56 Å². The standard InChI is InChI=1S/C11H12N2O/c1-2-7-3-4-10-8(5-7)9(6-13-10)11(12)14/h3-6,13H,2H2,1H3,(H2,12,14). The van der Waals surface area contributed by atoms with Gasteiger partial charge in [0.15, 0.2) is 0 Å². The first-order valence-electron chi connectivity index (χ1n) is 4.62. The molecule has 1 aromatic carbocycles. The quantitative estimate of drug-likeness (QED) is 0.742. The third-order valence-electron chi connectivity index (χ3n) is 2.42. The number of aromatic nitrogens is 1. The summed E-state index contributed by atoms with van der Waals surface area (Å²) in [5.41, 5.74) is 7.98. The SMILES string of the molecule is CCc1ccc2[nH]cc(C(N)=O)c2c1. The van der Waals surface area contributed by atoms with Crippen LogP contribution >= 0.6 is 0 Å². The molecule has 0 aliphatic heterocycles. The molecule has 3 nitrogen and oxygen atoms in total. The summed E-state index contributed by atoms with van der Waals surface area (Å²) in [4.78, 5) is 14.1. The van der Waals surface area contributed by atoms with Crippen LogP contribution in [0.2, 0.25) is 0 Å². The molecule has 0 saturated heterocycles. The summed E-state index contributed by atoms with van der Waals surface area (Å²) in [6, 6.07) is 6.02. The predicted molar refractivity (Wildman–Crippen MR) is 56.2 cm³/mol. The van der Waals surface area contributed by atoms with Crippen LogP contribution in [0.4, 0.5) is 0 Å². The smallest absolute Gasteiger partial charge is 0.250 e. The van der Waals surface area contributed by atoms with E-state index in [1.54, 1.807) is 6.20 Å². The van der Waals surface area contributed by atoms with Gasteiger partial charge in [-0.25, -0.2) is 0 Å². The maximum absolute atomic E-state index is 11.1. The van der Waals surface area contributed by atoms with Crippen molar-refractivity contribution in [3.8, 4) is 0 Å². The number of H-pyrrole nitrogens is 1. The van der Waals surface area contributed by atoms with E-state index < -0.39 is 0 Å². The zero-order valence-electron chi connectivity index (χ0n) is 8.00. The zero-order valence-corrected chi connectivity index (χ0v) is 8.00. The van der Waals surface area contributed by atoms with Crippen LogP contribution in [0.25, 0.3) is 10.9 Å². The topological polar surface area (TPSA) is 58.9 Å². The molecule has 72 valence electrons. The van der Waals surface area contributed by atoms with Gasteiger partial charge in [0, 0.05) is 17.1 Å². The van der Waals surface area contributed by atoms with E-state index >= 15 is 0 Å². The summed E-state index contributed by atoms with van der Waals surface area (Å²) in [7, 11) is 0. The van der Waals surface area contributed by atoms with E-state index in [-0.39, 0.29) is 5.91 Å². The Kier molecular flexibility index (Phi) is 2.00. The molecule has 0 bridgehead atoms. The Bertz CT molecular complexity index is 485. The van der Waals surface area contributed by atoms with Gasteiger partial charge < -0.3 is 10.7 Å². The van der Waals surface area contributed by atoms with Crippen LogP contribution in [0, 0.1) is 0 Å². The highest BCUT2D eigenvalue weighted by molar-refractivity contribution is 6.06. The number of hydrogen-bond donors (Lipinski definition) is 2. The van der Waals surface area contributed by atoms with Crippen LogP contribution < -0.4 is 5.73 Å². The van der Waals surface area contributed by atoms with Crippen LogP contribution in [0.3, 0.4) is 0 Å². The number of nitrogens with two attached hydrogens (primary N) is 1. The van der Waals surface area contributed by atoms with Crippen molar-refractivity contribution in [2.75, 3.05) is 0 Å². The first-order chi connectivity index (χ1) is 6.72. The van der Waals surface area contributed by atoms with E-state index in [0.717, 1.165) is 17.3 Å². The van der Waals surface area contributed by atoms with Crippen LogP contribution in [-0.2, 0) is 6.42 Å². The molecule has 0 radical (unpaired) electrons. The molecule has 2 rings (SSSR count). The molecule has 1 amide bonds. The van der Waals surface area contributed by atoms with Crippen LogP contribution in [0.5, 0.6) is 0 Å². The van der Waals surface area contributed by atoms with Gasteiger partial charge in [0.1, 0.15) is 0 Å². The third kappa shape index (κ3) is 1.27. The lowest BCUT2D eigenvalue weighted by molar-refractivity contribution is 0.100. The molecule has 0 saturated carbocycles. The lowest BCUT2D eigenvalue weighted by Gasteiger charge is -1.97. The molecule has 0 aliphatic carbocycles. The number of hydrogen-bond acceptors (Lipinski definition) is 1. The average molecular weight is 188 g/mol. The minimum absolute atomic E-state index is 0.385. The normalized spacial score (nSPS) is 10.6. The van der Waals surface area contributed by atoms with E-state index in [2.05, 4.69) is 11.9 Å². The fourth-order valence-corrected chi connectivity index (χ4v) is 1.59. The third-order valence-corrected chi connectivity index (χ3v) is 2.42. The van der Waals surface area contributed by atoms with Gasteiger partial charge in [0.05, 0.1) is 5.56 Å².